The molecule has 0 aromatic heterocycles. The third kappa shape index (κ3) is 3.33. The molecule has 1 fully saturated rings. The van der Waals surface area contributed by atoms with E-state index in [-0.39, 0.29) is 22.9 Å². The van der Waals surface area contributed by atoms with E-state index in [1.807, 2.05) is 11.8 Å². The summed E-state index contributed by atoms with van der Waals surface area (Å²) < 4.78 is 0. The molecule has 1 aromatic rings. The average molecular weight is 328 g/mol. The molecule has 0 bridgehead atoms. The van der Waals surface area contributed by atoms with Crippen LogP contribution in [0.5, 0.6) is 0 Å². The minimum absolute atomic E-state index is 0.104. The lowest BCUT2D eigenvalue weighted by Crippen LogP contribution is -2.52. The maximum atomic E-state index is 12.9. The van der Waals surface area contributed by atoms with Crippen molar-refractivity contribution in [2.45, 2.75) is 77.4 Å². The Morgan fingerprint density at radius 3 is 2.67 bits per heavy atom. The van der Waals surface area contributed by atoms with E-state index in [2.05, 4.69) is 44.3 Å². The highest BCUT2D eigenvalue weighted by Gasteiger charge is 2.38. The Morgan fingerprint density at radius 2 is 2.00 bits per heavy atom. The first-order valence-corrected chi connectivity index (χ1v) is 8.88. The monoisotopic (exact) mass is 328 g/mol. The van der Waals surface area contributed by atoms with E-state index in [0.29, 0.717) is 25.8 Å². The van der Waals surface area contributed by atoms with Crippen molar-refractivity contribution in [3.8, 4) is 0 Å². The summed E-state index contributed by atoms with van der Waals surface area (Å²) in [5.41, 5.74) is 3.47. The molecule has 1 unspecified atom stereocenters. The predicted molar refractivity (Wildman–Crippen MR) is 94.5 cm³/mol. The average Bonchev–Trinajstić information content (AvgIpc) is 2.84. The van der Waals surface area contributed by atoms with Gasteiger partial charge in [-0.2, -0.15) is 0 Å². The normalized spacial score (nSPS) is 25.3. The lowest BCUT2D eigenvalue weighted by Gasteiger charge is -2.44. The van der Waals surface area contributed by atoms with Gasteiger partial charge in [-0.15, -0.1) is 0 Å². The lowest BCUT2D eigenvalue weighted by molar-refractivity contribution is -0.138. The van der Waals surface area contributed by atoms with Crippen molar-refractivity contribution in [3.05, 3.63) is 34.9 Å². The molecule has 4 heteroatoms. The fourth-order valence-corrected chi connectivity index (χ4v) is 4.00. The highest BCUT2D eigenvalue weighted by molar-refractivity contribution is 5.80. The van der Waals surface area contributed by atoms with Gasteiger partial charge in [0, 0.05) is 30.5 Å². The van der Waals surface area contributed by atoms with Crippen LogP contribution in [-0.2, 0) is 22.6 Å². The summed E-state index contributed by atoms with van der Waals surface area (Å²) in [7, 11) is 0. The Labute approximate surface area is 144 Å². The van der Waals surface area contributed by atoms with Gasteiger partial charge in [-0.3, -0.25) is 9.59 Å². The van der Waals surface area contributed by atoms with E-state index in [4.69, 9.17) is 0 Å². The molecule has 1 atom stereocenters. The number of amides is 2. The molecule has 0 radical (unpaired) electrons. The van der Waals surface area contributed by atoms with Gasteiger partial charge in [0.05, 0.1) is 0 Å². The van der Waals surface area contributed by atoms with Crippen molar-refractivity contribution in [1.82, 2.24) is 10.2 Å². The zero-order valence-corrected chi connectivity index (χ0v) is 15.2. The number of nitrogens with one attached hydrogen (secondary N) is 1. The highest BCUT2D eigenvalue weighted by atomic mass is 16.2. The lowest BCUT2D eigenvalue weighted by atomic mass is 9.84. The number of rotatable bonds is 3. The van der Waals surface area contributed by atoms with E-state index in [1.165, 1.54) is 16.7 Å². The number of hydrogen-bond donors (Lipinski definition) is 1. The SMILES string of the molecule is Cc1ccc2c(c1)CN(C(=O)CCC1(C)CCC(=O)N1)C(C)(C)C2. The fourth-order valence-electron chi connectivity index (χ4n) is 4.00. The van der Waals surface area contributed by atoms with Crippen LogP contribution in [0.2, 0.25) is 0 Å². The van der Waals surface area contributed by atoms with Crippen LogP contribution in [0, 0.1) is 6.92 Å². The van der Waals surface area contributed by atoms with Crippen LogP contribution in [0.3, 0.4) is 0 Å². The first kappa shape index (κ1) is 17.0. The van der Waals surface area contributed by atoms with Gasteiger partial charge in [0.25, 0.3) is 0 Å². The van der Waals surface area contributed by atoms with Gasteiger partial charge in [-0.05, 0) is 58.1 Å². The number of hydrogen-bond acceptors (Lipinski definition) is 2. The summed E-state index contributed by atoms with van der Waals surface area (Å²) in [5, 5.41) is 3.02. The van der Waals surface area contributed by atoms with E-state index < -0.39 is 0 Å². The molecule has 2 amide bonds. The first-order valence-electron chi connectivity index (χ1n) is 8.88. The summed E-state index contributed by atoms with van der Waals surface area (Å²) in [6, 6.07) is 6.54. The van der Waals surface area contributed by atoms with Gasteiger partial charge in [0.1, 0.15) is 0 Å². The molecule has 130 valence electrons. The molecule has 3 rings (SSSR count). The van der Waals surface area contributed by atoms with Crippen LogP contribution in [0.4, 0.5) is 0 Å². The number of benzene rings is 1. The van der Waals surface area contributed by atoms with Gasteiger partial charge < -0.3 is 10.2 Å². The van der Waals surface area contributed by atoms with Gasteiger partial charge in [-0.25, -0.2) is 0 Å². The van der Waals surface area contributed by atoms with Crippen LogP contribution in [0.1, 0.15) is 63.1 Å². The third-order valence-corrected chi connectivity index (χ3v) is 5.58. The van der Waals surface area contributed by atoms with Gasteiger partial charge in [0.15, 0.2) is 0 Å². The highest BCUT2D eigenvalue weighted by Crippen LogP contribution is 2.33. The summed E-state index contributed by atoms with van der Waals surface area (Å²) in [4.78, 5) is 26.4. The largest absolute Gasteiger partial charge is 0.351 e. The van der Waals surface area contributed by atoms with Crippen molar-refractivity contribution in [2.24, 2.45) is 0 Å². The third-order valence-electron chi connectivity index (χ3n) is 5.58. The summed E-state index contributed by atoms with van der Waals surface area (Å²) in [6.07, 6.45) is 3.49. The smallest absolute Gasteiger partial charge is 0.223 e. The molecular formula is C20H28N2O2. The molecular weight excluding hydrogens is 300 g/mol. The van der Waals surface area contributed by atoms with Gasteiger partial charge in [-0.1, -0.05) is 23.8 Å². The predicted octanol–water partition coefficient (Wildman–Crippen LogP) is 3.11. The van der Waals surface area contributed by atoms with Crippen molar-refractivity contribution in [3.63, 3.8) is 0 Å². The number of nitrogens with zero attached hydrogens (tertiary/aromatic N) is 1. The molecule has 0 spiro atoms. The van der Waals surface area contributed by atoms with Gasteiger partial charge >= 0.3 is 0 Å². The topological polar surface area (TPSA) is 49.4 Å². The molecule has 1 N–H and O–H groups in total. The summed E-state index contributed by atoms with van der Waals surface area (Å²) in [5.74, 6) is 0.294. The Bertz CT molecular complexity index is 680. The Hall–Kier alpha value is -1.84. The standard InChI is InChI=1S/C20H28N2O2/c1-14-5-6-15-12-19(2,3)22(13-16(15)11-14)18(24)8-10-20(4)9-7-17(23)21-20/h5-6,11H,7-10,12-13H2,1-4H3,(H,21,23). The second kappa shape index (κ2) is 5.91. The maximum Gasteiger partial charge on any atom is 0.223 e. The van der Waals surface area contributed by atoms with Crippen molar-refractivity contribution >= 4 is 11.8 Å². The van der Waals surface area contributed by atoms with E-state index in [0.717, 1.165) is 12.8 Å². The summed E-state index contributed by atoms with van der Waals surface area (Å²) >= 11 is 0. The van der Waals surface area contributed by atoms with E-state index in [9.17, 15) is 9.59 Å². The second-order valence-corrected chi connectivity index (χ2v) is 8.35. The first-order chi connectivity index (χ1) is 11.2. The zero-order valence-electron chi connectivity index (χ0n) is 15.2. The molecule has 2 aliphatic rings. The number of carbonyl (C=O) groups excluding carboxylic acids is 2. The Kier molecular flexibility index (Phi) is 4.18. The molecule has 1 saturated heterocycles. The van der Waals surface area contributed by atoms with E-state index in [1.54, 1.807) is 0 Å². The Balaban J connectivity index is 1.71. The maximum absolute atomic E-state index is 12.9. The molecule has 2 aliphatic heterocycles. The minimum atomic E-state index is -0.221. The zero-order chi connectivity index (χ0) is 17.5. The molecule has 4 nitrogen and oxygen atoms in total. The summed E-state index contributed by atoms with van der Waals surface area (Å²) in [6.45, 7) is 9.12. The van der Waals surface area contributed by atoms with Crippen molar-refractivity contribution < 1.29 is 9.59 Å². The van der Waals surface area contributed by atoms with Crippen LogP contribution >= 0.6 is 0 Å². The Morgan fingerprint density at radius 1 is 1.25 bits per heavy atom. The minimum Gasteiger partial charge on any atom is -0.351 e. The molecule has 24 heavy (non-hydrogen) atoms. The van der Waals surface area contributed by atoms with Crippen molar-refractivity contribution in [2.75, 3.05) is 0 Å². The molecule has 0 saturated carbocycles. The number of aryl methyl sites for hydroxylation is 1. The number of carbonyl (C=O) groups is 2. The van der Waals surface area contributed by atoms with Crippen molar-refractivity contribution in [1.29, 1.82) is 0 Å². The molecule has 1 aromatic carbocycles. The van der Waals surface area contributed by atoms with Crippen LogP contribution < -0.4 is 5.32 Å². The second-order valence-electron chi connectivity index (χ2n) is 8.35. The fraction of sp³-hybridized carbons (Fsp3) is 0.600. The van der Waals surface area contributed by atoms with Crippen LogP contribution in [0.15, 0.2) is 18.2 Å². The quantitative estimate of drug-likeness (QED) is 0.927. The van der Waals surface area contributed by atoms with E-state index >= 15 is 0 Å². The van der Waals surface area contributed by atoms with Crippen LogP contribution in [-0.4, -0.2) is 27.8 Å². The molecule has 2 heterocycles. The van der Waals surface area contributed by atoms with Crippen LogP contribution in [0.25, 0.3) is 0 Å². The number of fused-ring (bicyclic) bond motifs is 1. The molecule has 0 aliphatic carbocycles. The van der Waals surface area contributed by atoms with Gasteiger partial charge in [0.2, 0.25) is 11.8 Å².